The van der Waals surface area contributed by atoms with Crippen molar-refractivity contribution in [3.8, 4) is 22.3 Å². The van der Waals surface area contributed by atoms with Gasteiger partial charge >= 0.3 is 36.6 Å². The van der Waals surface area contributed by atoms with Crippen molar-refractivity contribution in [1.29, 1.82) is 0 Å². The highest BCUT2D eigenvalue weighted by atomic mass is 19.4. The number of aromatic nitrogens is 4. The van der Waals surface area contributed by atoms with Gasteiger partial charge in [0, 0.05) is 83.7 Å². The van der Waals surface area contributed by atoms with Crippen molar-refractivity contribution in [2.75, 3.05) is 10.6 Å². The lowest BCUT2D eigenvalue weighted by atomic mass is 9.91. The first kappa shape index (κ1) is 71.2. The highest BCUT2D eigenvalue weighted by Crippen LogP contribution is 2.45. The van der Waals surface area contributed by atoms with Crippen molar-refractivity contribution in [3.05, 3.63) is 198 Å². The lowest BCUT2D eigenvalue weighted by Gasteiger charge is -2.24. The maximum absolute atomic E-state index is 16.0. The Labute approximate surface area is 547 Å². The van der Waals surface area contributed by atoms with Crippen LogP contribution in [0.25, 0.3) is 55.0 Å². The van der Waals surface area contributed by atoms with E-state index in [4.69, 9.17) is 0 Å². The van der Waals surface area contributed by atoms with Crippen LogP contribution < -0.4 is 32.4 Å². The molecule has 0 spiro atoms. The van der Waals surface area contributed by atoms with Crippen molar-refractivity contribution in [2.24, 2.45) is 14.1 Å². The zero-order valence-corrected chi connectivity index (χ0v) is 51.5. The number of anilines is 2. The standard InChI is InChI=1S/C67H52F16N8O8/c1-4-48(64(72,73)74)86-32-24-40(68)52(41(69)25-32)59(93)89-45(63(98)99)23-31-16-18-38(51-54(66(78,79)80)35-9-5-6-12-46(35)90(2)61(51)95)57-39(31)21-29(28-85-57)14-19-49(65(75,76)77)87-33-26-42(70)53(43(71)27-33)58(92)88-44(62(96)97)22-30-15-17-37(56-34(30)11-8-20-84-56)50-55(67(81,82)83)36-10-7-13-47(36)91(3)60(50)94/h5-6,8-9,11-12,15-18,20-21,24-28,44-45,48-49,86-87H,4,7,10,13-14,19,22-23H2,1-3H3,(H,88,92)(H,89,93)(H,96,97)(H,98,99)/t44-,45-,48+,49+/m0/s1. The number of carboxylic acids is 2. The van der Waals surface area contributed by atoms with E-state index in [0.717, 1.165) is 59.6 Å². The molecule has 32 heteroatoms. The van der Waals surface area contributed by atoms with E-state index >= 15 is 43.9 Å². The van der Waals surface area contributed by atoms with Crippen LogP contribution in [0, 0.1) is 23.3 Å². The molecule has 1 aliphatic carbocycles. The molecule has 9 aromatic rings. The number of benzene rings is 5. The van der Waals surface area contributed by atoms with E-state index in [2.05, 4.69) is 9.97 Å². The fourth-order valence-corrected chi connectivity index (χ4v) is 12.5. The third kappa shape index (κ3) is 14.3. The smallest absolute Gasteiger partial charge is 0.417 e. The number of pyridine rings is 4. The van der Waals surface area contributed by atoms with Crippen molar-refractivity contribution in [2.45, 2.75) is 107 Å². The molecule has 1 aliphatic rings. The van der Waals surface area contributed by atoms with Gasteiger partial charge in [-0.25, -0.2) is 27.2 Å². The van der Waals surface area contributed by atoms with Gasteiger partial charge in [-0.3, -0.25) is 29.1 Å². The van der Waals surface area contributed by atoms with Crippen LogP contribution in [0.1, 0.15) is 86.0 Å². The predicted octanol–water partition coefficient (Wildman–Crippen LogP) is 13.3. The van der Waals surface area contributed by atoms with E-state index in [1.807, 2.05) is 21.3 Å². The molecule has 0 saturated carbocycles. The van der Waals surface area contributed by atoms with Crippen LogP contribution >= 0.6 is 0 Å². The number of aryl methyl sites for hydroxylation is 2. The van der Waals surface area contributed by atoms with Gasteiger partial charge in [0.15, 0.2) is 0 Å². The Bertz CT molecular complexity index is 4850. The van der Waals surface area contributed by atoms with Gasteiger partial charge in [0.05, 0.1) is 38.8 Å². The molecule has 520 valence electrons. The van der Waals surface area contributed by atoms with Gasteiger partial charge < -0.3 is 40.6 Å². The number of hydrogen-bond donors (Lipinski definition) is 6. The van der Waals surface area contributed by atoms with Crippen LogP contribution in [0.3, 0.4) is 0 Å². The minimum absolute atomic E-state index is 0.0155. The highest BCUT2D eigenvalue weighted by Gasteiger charge is 2.44. The summed E-state index contributed by atoms with van der Waals surface area (Å²) >= 11 is 0. The minimum Gasteiger partial charge on any atom is -0.480 e. The maximum Gasteiger partial charge on any atom is 0.417 e. The summed E-state index contributed by atoms with van der Waals surface area (Å²) in [6.45, 7) is 1.11. The van der Waals surface area contributed by atoms with Crippen molar-refractivity contribution < 1.29 is 99.6 Å². The Morgan fingerprint density at radius 2 is 1.04 bits per heavy atom. The number of nitrogens with zero attached hydrogens (tertiary/aromatic N) is 4. The number of alkyl halides is 12. The third-order valence-electron chi connectivity index (χ3n) is 17.1. The van der Waals surface area contributed by atoms with Crippen molar-refractivity contribution in [3.63, 3.8) is 0 Å². The fourth-order valence-electron chi connectivity index (χ4n) is 12.5. The lowest BCUT2D eigenvalue weighted by molar-refractivity contribution is -0.144. The number of rotatable bonds is 20. The second kappa shape index (κ2) is 27.0. The summed E-state index contributed by atoms with van der Waals surface area (Å²) < 4.78 is 241. The van der Waals surface area contributed by atoms with E-state index < -0.39 is 200 Å². The molecule has 0 radical (unpaired) electrons. The van der Waals surface area contributed by atoms with E-state index in [0.29, 0.717) is 18.6 Å². The summed E-state index contributed by atoms with van der Waals surface area (Å²) in [6.07, 6.45) is -21.9. The molecule has 5 aromatic carbocycles. The summed E-state index contributed by atoms with van der Waals surface area (Å²) in [4.78, 5) is 88.9. The van der Waals surface area contributed by atoms with Crippen LogP contribution in [0.2, 0.25) is 0 Å². The molecule has 10 rings (SSSR count). The molecule has 4 atom stereocenters. The molecule has 6 N–H and O–H groups in total. The molecule has 0 fully saturated rings. The molecular weight excluding hydrogens is 1350 g/mol. The second-order valence-electron chi connectivity index (χ2n) is 23.4. The van der Waals surface area contributed by atoms with Gasteiger partial charge in [0.25, 0.3) is 22.9 Å². The number of para-hydroxylation sites is 1. The van der Waals surface area contributed by atoms with Crippen LogP contribution in [-0.4, -0.2) is 89.6 Å². The van der Waals surface area contributed by atoms with Crippen LogP contribution in [0.4, 0.5) is 81.6 Å². The number of nitrogens with one attached hydrogen (secondary N) is 4. The minimum atomic E-state index is -5.30. The molecule has 0 aliphatic heterocycles. The van der Waals surface area contributed by atoms with Gasteiger partial charge in [-0.1, -0.05) is 55.5 Å². The predicted molar refractivity (Wildman–Crippen MR) is 328 cm³/mol. The van der Waals surface area contributed by atoms with Crippen molar-refractivity contribution >= 4 is 67.8 Å². The van der Waals surface area contributed by atoms with E-state index in [1.54, 1.807) is 0 Å². The number of carbonyl (C=O) groups excluding carboxylic acids is 2. The van der Waals surface area contributed by atoms with Crippen LogP contribution in [0.15, 0.2) is 113 Å². The number of halogens is 16. The number of amides is 2. The molecule has 4 heterocycles. The number of carboxylic acid groups (broad SMARTS) is 2. The Balaban J connectivity index is 0.936. The van der Waals surface area contributed by atoms with Crippen LogP contribution in [0.5, 0.6) is 0 Å². The monoisotopic (exact) mass is 1400 g/mol. The van der Waals surface area contributed by atoms with E-state index in [1.165, 1.54) is 49.6 Å². The Morgan fingerprint density at radius 3 is 1.55 bits per heavy atom. The number of aliphatic carboxylic acids is 2. The quantitative estimate of drug-likeness (QED) is 0.0392. The number of hydrogen-bond acceptors (Lipinski definition) is 10. The SMILES string of the molecule is CC[C@@H](Nc1cc(F)c(C(=O)N[C@@H](Cc2ccc(-c3c(C(F)(F)F)c4ccccc4n(C)c3=O)c3ncc(CC[C@@H](Nc4cc(F)c(C(=O)N[C@@H](Cc5ccc(-c6c(C(F)(F)F)c7c(n(C)c6=O)CCC7)c6ncccc56)C(=O)O)c(F)c4)C(F)(F)F)cc23)C(=O)O)c(F)c1)C(F)(F)F. The van der Waals surface area contributed by atoms with Gasteiger partial charge in [-0.15, -0.1) is 0 Å². The molecule has 99 heavy (non-hydrogen) atoms. The largest absolute Gasteiger partial charge is 0.480 e. The summed E-state index contributed by atoms with van der Waals surface area (Å²) in [5.41, 5.74) is -13.2. The lowest BCUT2D eigenvalue weighted by Crippen LogP contribution is -2.43. The molecule has 0 saturated heterocycles. The molecule has 16 nitrogen and oxygen atoms in total. The number of carbonyl (C=O) groups is 4. The Hall–Kier alpha value is -10.6. The molecule has 0 unspecified atom stereocenters. The Morgan fingerprint density at radius 1 is 0.566 bits per heavy atom. The van der Waals surface area contributed by atoms with Gasteiger partial charge in [0.2, 0.25) is 0 Å². The second-order valence-corrected chi connectivity index (χ2v) is 23.4. The van der Waals surface area contributed by atoms with E-state index in [-0.39, 0.29) is 80.3 Å². The first-order valence-corrected chi connectivity index (χ1v) is 29.9. The molecule has 2 amide bonds. The summed E-state index contributed by atoms with van der Waals surface area (Å²) in [6, 6.07) is 4.72. The summed E-state index contributed by atoms with van der Waals surface area (Å²) in [5.74, 6) is -14.4. The van der Waals surface area contributed by atoms with Gasteiger partial charge in [0.1, 0.15) is 58.6 Å². The summed E-state index contributed by atoms with van der Waals surface area (Å²) in [5, 5.41) is 27.5. The topological polar surface area (TPSA) is 227 Å². The maximum atomic E-state index is 16.0. The highest BCUT2D eigenvalue weighted by molar-refractivity contribution is 6.02. The molecular formula is C67H52F16N8O8. The zero-order chi connectivity index (χ0) is 72.3. The zero-order valence-electron chi connectivity index (χ0n) is 51.5. The Kier molecular flexibility index (Phi) is 19.5. The first-order chi connectivity index (χ1) is 46.4. The number of fused-ring (bicyclic) bond motifs is 4. The normalized spacial score (nSPS) is 14.1. The van der Waals surface area contributed by atoms with E-state index in [9.17, 15) is 65.3 Å². The van der Waals surface area contributed by atoms with Gasteiger partial charge in [-0.2, -0.15) is 52.7 Å². The fraction of sp³-hybridized carbons (Fsp3) is 0.284. The molecule has 4 aromatic heterocycles. The first-order valence-electron chi connectivity index (χ1n) is 29.9. The van der Waals surface area contributed by atoms with Crippen molar-refractivity contribution in [1.82, 2.24) is 29.7 Å². The average molecular weight is 1400 g/mol. The van der Waals surface area contributed by atoms with Crippen LogP contribution in [-0.2, 0) is 68.1 Å². The molecule has 0 bridgehead atoms. The summed E-state index contributed by atoms with van der Waals surface area (Å²) in [7, 11) is 2.49. The average Bonchev–Trinajstić information content (AvgIpc) is 1.53. The van der Waals surface area contributed by atoms with Gasteiger partial charge in [-0.05, 0) is 103 Å². The third-order valence-corrected chi connectivity index (χ3v) is 17.1.